The van der Waals surface area contributed by atoms with Gasteiger partial charge >= 0.3 is 11.9 Å². The molecule has 0 bridgehead atoms. The summed E-state index contributed by atoms with van der Waals surface area (Å²) in [5.74, 6) is -3.40. The first-order chi connectivity index (χ1) is 9.93. The van der Waals surface area contributed by atoms with Gasteiger partial charge in [0, 0.05) is 11.8 Å². The Morgan fingerprint density at radius 3 is 2.24 bits per heavy atom. The largest absolute Gasteiger partial charge is 0.465 e. The molecule has 114 valence electrons. The quantitative estimate of drug-likeness (QED) is 0.338. The zero-order valence-corrected chi connectivity index (χ0v) is 12.0. The average molecular weight is 296 g/mol. The molecule has 1 heterocycles. The lowest BCUT2D eigenvalue weighted by molar-refractivity contribution is -0.386. The summed E-state index contributed by atoms with van der Waals surface area (Å²) in [6.07, 6.45) is 1.29. The number of nitrogens with zero attached hydrogens (tertiary/aromatic N) is 2. The lowest BCUT2D eigenvalue weighted by Crippen LogP contribution is -2.28. The summed E-state index contributed by atoms with van der Waals surface area (Å²) in [4.78, 5) is 38.2. The molecular formula is C13H16N2O6. The van der Waals surface area contributed by atoms with E-state index in [-0.39, 0.29) is 24.6 Å². The third-order valence-electron chi connectivity index (χ3n) is 2.65. The molecule has 0 aliphatic carbocycles. The van der Waals surface area contributed by atoms with Crippen LogP contribution in [-0.2, 0) is 19.1 Å². The topological polar surface area (TPSA) is 109 Å². The molecule has 8 nitrogen and oxygen atoms in total. The molecule has 0 fully saturated rings. The van der Waals surface area contributed by atoms with E-state index in [0.29, 0.717) is 5.56 Å². The van der Waals surface area contributed by atoms with Gasteiger partial charge in [-0.05, 0) is 26.8 Å². The average Bonchev–Trinajstić information content (AvgIpc) is 2.39. The normalized spacial score (nSPS) is 10.3. The van der Waals surface area contributed by atoms with Gasteiger partial charge < -0.3 is 9.47 Å². The number of rotatable bonds is 6. The molecule has 0 atom stereocenters. The fourth-order valence-corrected chi connectivity index (χ4v) is 1.79. The Labute approximate surface area is 121 Å². The molecule has 8 heteroatoms. The number of pyridine rings is 1. The summed E-state index contributed by atoms with van der Waals surface area (Å²) >= 11 is 0. The van der Waals surface area contributed by atoms with Gasteiger partial charge in [-0.2, -0.15) is 0 Å². The molecule has 0 saturated carbocycles. The van der Waals surface area contributed by atoms with Crippen molar-refractivity contribution in [3.05, 3.63) is 33.6 Å². The van der Waals surface area contributed by atoms with Gasteiger partial charge in [-0.3, -0.25) is 24.7 Å². The first-order valence-electron chi connectivity index (χ1n) is 6.37. The summed E-state index contributed by atoms with van der Waals surface area (Å²) in [6, 6.07) is 1.43. The third kappa shape index (κ3) is 3.74. The van der Waals surface area contributed by atoms with E-state index in [9.17, 15) is 19.7 Å². The lowest BCUT2D eigenvalue weighted by atomic mass is 10.0. The van der Waals surface area contributed by atoms with Gasteiger partial charge in [0.25, 0.3) is 5.69 Å². The van der Waals surface area contributed by atoms with Crippen molar-refractivity contribution in [3.8, 4) is 0 Å². The highest BCUT2D eigenvalue weighted by Crippen LogP contribution is 2.29. The number of carbonyl (C=O) groups excluding carboxylic acids is 2. The molecule has 0 N–H and O–H groups in total. The number of aryl methyl sites for hydroxylation is 1. The van der Waals surface area contributed by atoms with Crippen LogP contribution in [0.2, 0.25) is 0 Å². The molecule has 0 aromatic carbocycles. The van der Waals surface area contributed by atoms with Crippen LogP contribution in [0.1, 0.15) is 31.0 Å². The predicted octanol–water partition coefficient (Wildman–Crippen LogP) is 1.51. The second-order valence-corrected chi connectivity index (χ2v) is 4.06. The van der Waals surface area contributed by atoms with Gasteiger partial charge in [-0.25, -0.2) is 0 Å². The molecule has 1 rings (SSSR count). The molecule has 0 radical (unpaired) electrons. The summed E-state index contributed by atoms with van der Waals surface area (Å²) in [6.45, 7) is 4.70. The van der Waals surface area contributed by atoms with Crippen LogP contribution in [0.15, 0.2) is 12.3 Å². The van der Waals surface area contributed by atoms with Crippen LogP contribution in [0.25, 0.3) is 0 Å². The minimum Gasteiger partial charge on any atom is -0.465 e. The van der Waals surface area contributed by atoms with Crippen LogP contribution in [0.5, 0.6) is 0 Å². The highest BCUT2D eigenvalue weighted by atomic mass is 16.6. The lowest BCUT2D eigenvalue weighted by Gasteiger charge is -2.14. The maximum absolute atomic E-state index is 12.0. The smallest absolute Gasteiger partial charge is 0.326 e. The van der Waals surface area contributed by atoms with Crippen molar-refractivity contribution < 1.29 is 24.0 Å². The van der Waals surface area contributed by atoms with Crippen LogP contribution < -0.4 is 0 Å². The number of aromatic nitrogens is 1. The van der Waals surface area contributed by atoms with E-state index in [0.717, 1.165) is 0 Å². The summed E-state index contributed by atoms with van der Waals surface area (Å²) in [5, 5.41) is 11.2. The van der Waals surface area contributed by atoms with Crippen molar-refractivity contribution in [3.63, 3.8) is 0 Å². The van der Waals surface area contributed by atoms with E-state index in [4.69, 9.17) is 9.47 Å². The van der Waals surface area contributed by atoms with Gasteiger partial charge in [0.2, 0.25) is 5.92 Å². The minimum atomic E-state index is -1.56. The molecular weight excluding hydrogens is 280 g/mol. The molecule has 21 heavy (non-hydrogen) atoms. The fraction of sp³-hybridized carbons (Fsp3) is 0.462. The van der Waals surface area contributed by atoms with Crippen molar-refractivity contribution in [1.82, 2.24) is 4.98 Å². The van der Waals surface area contributed by atoms with Gasteiger partial charge in [-0.15, -0.1) is 0 Å². The fourth-order valence-electron chi connectivity index (χ4n) is 1.79. The zero-order valence-electron chi connectivity index (χ0n) is 12.0. The van der Waals surface area contributed by atoms with E-state index >= 15 is 0 Å². The molecule has 0 aliphatic rings. The van der Waals surface area contributed by atoms with Crippen molar-refractivity contribution in [2.45, 2.75) is 26.7 Å². The monoisotopic (exact) mass is 296 g/mol. The van der Waals surface area contributed by atoms with Gasteiger partial charge in [-0.1, -0.05) is 0 Å². The second kappa shape index (κ2) is 7.32. The Morgan fingerprint density at radius 2 is 1.81 bits per heavy atom. The van der Waals surface area contributed by atoms with E-state index in [1.54, 1.807) is 13.8 Å². The van der Waals surface area contributed by atoms with Crippen LogP contribution in [0.4, 0.5) is 5.69 Å². The maximum atomic E-state index is 12.0. The first-order valence-corrected chi connectivity index (χ1v) is 6.37. The SMILES string of the molecule is CCOC(=O)C(C(=O)OCC)c1nccc(C)c1[N+](=O)[O-]. The van der Waals surface area contributed by atoms with Crippen LogP contribution in [0, 0.1) is 17.0 Å². The molecule has 1 aromatic heterocycles. The number of nitro groups is 1. The molecule has 0 unspecified atom stereocenters. The van der Waals surface area contributed by atoms with Crippen molar-refractivity contribution in [1.29, 1.82) is 0 Å². The standard InChI is InChI=1S/C13H16N2O6/c1-4-20-12(16)9(13(17)21-5-2)10-11(15(18)19)8(3)6-7-14-10/h6-7,9H,4-5H2,1-3H3. The van der Waals surface area contributed by atoms with E-state index in [2.05, 4.69) is 4.98 Å². The minimum absolute atomic E-state index is 0.0361. The number of carbonyl (C=O) groups is 2. The van der Waals surface area contributed by atoms with Crippen molar-refractivity contribution in [2.75, 3.05) is 13.2 Å². The Bertz CT molecular complexity index is 540. The van der Waals surface area contributed by atoms with Gasteiger partial charge in [0.05, 0.1) is 18.1 Å². The summed E-state index contributed by atoms with van der Waals surface area (Å²) in [5.41, 5.74) is -0.357. The number of hydrogen-bond acceptors (Lipinski definition) is 7. The Kier molecular flexibility index (Phi) is 5.77. The number of ether oxygens (including phenoxy) is 2. The highest BCUT2D eigenvalue weighted by Gasteiger charge is 2.38. The molecule has 1 aromatic rings. The van der Waals surface area contributed by atoms with Gasteiger partial charge in [0.15, 0.2) is 0 Å². The number of hydrogen-bond donors (Lipinski definition) is 0. The molecule has 0 aliphatic heterocycles. The highest BCUT2D eigenvalue weighted by molar-refractivity contribution is 6.01. The van der Waals surface area contributed by atoms with Gasteiger partial charge in [0.1, 0.15) is 5.69 Å². The van der Waals surface area contributed by atoms with Crippen molar-refractivity contribution >= 4 is 17.6 Å². The molecule has 0 saturated heterocycles. The van der Waals surface area contributed by atoms with E-state index < -0.39 is 22.8 Å². The Balaban J connectivity index is 3.39. The van der Waals surface area contributed by atoms with E-state index in [1.807, 2.05) is 0 Å². The van der Waals surface area contributed by atoms with Crippen LogP contribution in [-0.4, -0.2) is 35.1 Å². The van der Waals surface area contributed by atoms with Crippen LogP contribution >= 0.6 is 0 Å². The van der Waals surface area contributed by atoms with E-state index in [1.165, 1.54) is 19.2 Å². The van der Waals surface area contributed by atoms with Crippen molar-refractivity contribution in [2.24, 2.45) is 0 Å². The molecule has 0 spiro atoms. The third-order valence-corrected chi connectivity index (χ3v) is 2.65. The Morgan fingerprint density at radius 1 is 1.29 bits per heavy atom. The Hall–Kier alpha value is -2.51. The predicted molar refractivity (Wildman–Crippen MR) is 71.6 cm³/mol. The summed E-state index contributed by atoms with van der Waals surface area (Å²) in [7, 11) is 0. The summed E-state index contributed by atoms with van der Waals surface area (Å²) < 4.78 is 9.60. The number of esters is 2. The zero-order chi connectivity index (χ0) is 16.0. The van der Waals surface area contributed by atoms with Crippen LogP contribution in [0.3, 0.4) is 0 Å². The first kappa shape index (κ1) is 16.5. The maximum Gasteiger partial charge on any atom is 0.326 e. The molecule has 0 amide bonds. The second-order valence-electron chi connectivity index (χ2n) is 4.06.